The lowest BCUT2D eigenvalue weighted by Gasteiger charge is -2.29. The normalized spacial score (nSPS) is 16.7. The highest BCUT2D eigenvalue weighted by Crippen LogP contribution is 2.44. The van der Waals surface area contributed by atoms with Crippen molar-refractivity contribution in [1.29, 1.82) is 0 Å². The predicted molar refractivity (Wildman–Crippen MR) is 160 cm³/mol. The molecule has 4 aromatic rings. The van der Waals surface area contributed by atoms with Crippen LogP contribution in [0.2, 0.25) is 0 Å². The third-order valence-electron chi connectivity index (χ3n) is 7.28. The number of carbonyl (C=O) groups excluding carboxylic acids is 1. The van der Waals surface area contributed by atoms with Gasteiger partial charge >= 0.3 is 0 Å². The van der Waals surface area contributed by atoms with Crippen LogP contribution in [0.25, 0.3) is 5.69 Å². The van der Waals surface area contributed by atoms with Crippen LogP contribution < -0.4 is 20.3 Å². The number of carbonyl (C=O) groups is 1. The number of aryl methyl sites for hydroxylation is 2. The van der Waals surface area contributed by atoms with Gasteiger partial charge in [-0.3, -0.25) is 9.78 Å². The molecule has 1 aliphatic heterocycles. The van der Waals surface area contributed by atoms with Crippen LogP contribution in [0.3, 0.4) is 0 Å². The first kappa shape index (κ1) is 26.4. The summed E-state index contributed by atoms with van der Waals surface area (Å²) in [6.07, 6.45) is 2.24. The third kappa shape index (κ3) is 5.00. The summed E-state index contributed by atoms with van der Waals surface area (Å²) >= 11 is 5.94. The zero-order chi connectivity index (χ0) is 27.7. The maximum atomic E-state index is 12.0. The second kappa shape index (κ2) is 10.9. The van der Waals surface area contributed by atoms with Crippen LogP contribution in [0.1, 0.15) is 53.6 Å². The summed E-state index contributed by atoms with van der Waals surface area (Å²) < 4.78 is 7.75. The van der Waals surface area contributed by atoms with Gasteiger partial charge in [0, 0.05) is 47.1 Å². The Morgan fingerprint density at radius 2 is 1.87 bits per heavy atom. The number of thiocarbonyl (C=S) groups is 1. The Morgan fingerprint density at radius 1 is 1.05 bits per heavy atom. The standard InChI is InChI=1S/C31H33N5O2S/c1-6-28(37)33-26-14-13-23(16-19(26)2)36-30(29(34-31(36)39)27-12-7-8-15-32-27)25-17-20(3)35(21(25)4)22-10-9-11-24(18-22)38-5/h7-18,29-30H,6H2,1-5H3,(H,33,37)(H,34,39)/t29-,30-/m1/s1. The van der Waals surface area contributed by atoms with Crippen LogP contribution in [0.15, 0.2) is 72.9 Å². The molecule has 200 valence electrons. The molecule has 1 fully saturated rings. The second-order valence-corrected chi connectivity index (χ2v) is 10.1. The fourth-order valence-electron chi connectivity index (χ4n) is 5.36. The van der Waals surface area contributed by atoms with E-state index < -0.39 is 0 Å². The van der Waals surface area contributed by atoms with Gasteiger partial charge in [-0.2, -0.15) is 0 Å². The minimum Gasteiger partial charge on any atom is -0.497 e. The molecule has 0 radical (unpaired) electrons. The predicted octanol–water partition coefficient (Wildman–Crippen LogP) is 6.33. The minimum absolute atomic E-state index is 0.0118. The van der Waals surface area contributed by atoms with E-state index in [-0.39, 0.29) is 18.0 Å². The van der Waals surface area contributed by atoms with Gasteiger partial charge in [0.2, 0.25) is 5.91 Å². The fourth-order valence-corrected chi connectivity index (χ4v) is 5.71. The van der Waals surface area contributed by atoms with Crippen molar-refractivity contribution in [2.24, 2.45) is 0 Å². The van der Waals surface area contributed by atoms with Gasteiger partial charge in [0.1, 0.15) is 5.75 Å². The van der Waals surface area contributed by atoms with Gasteiger partial charge in [-0.15, -0.1) is 0 Å². The van der Waals surface area contributed by atoms with Crippen LogP contribution in [-0.4, -0.2) is 27.7 Å². The molecule has 1 aliphatic rings. The summed E-state index contributed by atoms with van der Waals surface area (Å²) in [6, 6.07) is 22.0. The Labute approximate surface area is 234 Å². The van der Waals surface area contributed by atoms with E-state index in [9.17, 15) is 4.79 Å². The van der Waals surface area contributed by atoms with Crippen molar-refractivity contribution < 1.29 is 9.53 Å². The molecule has 1 saturated heterocycles. The van der Waals surface area contributed by atoms with E-state index in [1.54, 1.807) is 7.11 Å². The molecule has 0 spiro atoms. The van der Waals surface area contributed by atoms with Crippen molar-refractivity contribution in [3.63, 3.8) is 0 Å². The third-order valence-corrected chi connectivity index (χ3v) is 7.60. The number of methoxy groups -OCH3 is 1. The molecule has 2 atom stereocenters. The van der Waals surface area contributed by atoms with E-state index in [0.29, 0.717) is 11.5 Å². The van der Waals surface area contributed by atoms with Crippen LogP contribution in [-0.2, 0) is 4.79 Å². The number of pyridine rings is 1. The fraction of sp³-hybridized carbons (Fsp3) is 0.258. The van der Waals surface area contributed by atoms with Gasteiger partial charge in [0.25, 0.3) is 0 Å². The lowest BCUT2D eigenvalue weighted by Crippen LogP contribution is -2.29. The van der Waals surface area contributed by atoms with E-state index >= 15 is 0 Å². The van der Waals surface area contributed by atoms with Gasteiger partial charge in [-0.05, 0) is 92.6 Å². The summed E-state index contributed by atoms with van der Waals surface area (Å²) in [6.45, 7) is 8.11. The lowest BCUT2D eigenvalue weighted by atomic mass is 9.96. The van der Waals surface area contributed by atoms with Crippen LogP contribution in [0, 0.1) is 20.8 Å². The maximum absolute atomic E-state index is 12.0. The van der Waals surface area contributed by atoms with Crippen molar-refractivity contribution in [3.05, 3.63) is 101 Å². The minimum atomic E-state index is -0.155. The molecule has 0 aliphatic carbocycles. The first-order valence-corrected chi connectivity index (χ1v) is 13.5. The summed E-state index contributed by atoms with van der Waals surface area (Å²) in [5.74, 6) is 0.797. The van der Waals surface area contributed by atoms with Crippen LogP contribution in [0.5, 0.6) is 5.75 Å². The maximum Gasteiger partial charge on any atom is 0.224 e. The zero-order valence-electron chi connectivity index (χ0n) is 22.9. The molecule has 39 heavy (non-hydrogen) atoms. The van der Waals surface area contributed by atoms with Crippen molar-refractivity contribution in [2.75, 3.05) is 17.3 Å². The molecule has 8 heteroatoms. The number of ether oxygens (including phenoxy) is 1. The summed E-state index contributed by atoms with van der Waals surface area (Å²) in [5, 5.41) is 7.17. The van der Waals surface area contributed by atoms with Crippen molar-refractivity contribution in [2.45, 2.75) is 46.2 Å². The second-order valence-electron chi connectivity index (χ2n) is 9.76. The topological polar surface area (TPSA) is 71.4 Å². The average Bonchev–Trinajstić information content (AvgIpc) is 3.44. The Kier molecular flexibility index (Phi) is 7.39. The summed E-state index contributed by atoms with van der Waals surface area (Å²) in [5.41, 5.74) is 8.07. The highest BCUT2D eigenvalue weighted by atomic mass is 32.1. The van der Waals surface area contributed by atoms with Gasteiger partial charge in [0.15, 0.2) is 5.11 Å². The molecule has 0 bridgehead atoms. The molecule has 3 heterocycles. The molecule has 2 N–H and O–H groups in total. The Bertz CT molecular complexity index is 1530. The molecule has 1 amide bonds. The molecular weight excluding hydrogens is 506 g/mol. The molecular formula is C31H33N5O2S. The number of nitrogens with zero attached hydrogens (tertiary/aromatic N) is 3. The molecule has 5 rings (SSSR count). The first-order chi connectivity index (χ1) is 18.8. The van der Waals surface area contributed by atoms with Gasteiger partial charge in [-0.1, -0.05) is 19.1 Å². The number of rotatable bonds is 7. The number of aromatic nitrogens is 2. The molecule has 7 nitrogen and oxygen atoms in total. The zero-order valence-corrected chi connectivity index (χ0v) is 23.7. The number of benzene rings is 2. The van der Waals surface area contributed by atoms with Gasteiger partial charge < -0.3 is 24.8 Å². The Balaban J connectivity index is 1.63. The quantitative estimate of drug-likeness (QED) is 0.267. The van der Waals surface area contributed by atoms with Crippen molar-refractivity contribution >= 4 is 34.6 Å². The number of anilines is 2. The van der Waals surface area contributed by atoms with Crippen molar-refractivity contribution in [3.8, 4) is 11.4 Å². The molecule has 2 aromatic heterocycles. The Hall–Kier alpha value is -4.17. The lowest BCUT2D eigenvalue weighted by molar-refractivity contribution is -0.115. The van der Waals surface area contributed by atoms with E-state index in [0.717, 1.165) is 51.0 Å². The van der Waals surface area contributed by atoms with Gasteiger partial charge in [-0.25, -0.2) is 0 Å². The van der Waals surface area contributed by atoms with Crippen LogP contribution in [0.4, 0.5) is 11.4 Å². The van der Waals surface area contributed by atoms with Crippen molar-refractivity contribution in [1.82, 2.24) is 14.9 Å². The molecule has 0 saturated carbocycles. The van der Waals surface area contributed by atoms with E-state index in [2.05, 4.69) is 52.1 Å². The molecule has 2 aromatic carbocycles. The number of hydrogen-bond donors (Lipinski definition) is 2. The highest BCUT2D eigenvalue weighted by Gasteiger charge is 2.42. The monoisotopic (exact) mass is 539 g/mol. The van der Waals surface area contributed by atoms with E-state index in [1.807, 2.05) is 68.6 Å². The summed E-state index contributed by atoms with van der Waals surface area (Å²) in [7, 11) is 1.68. The first-order valence-electron chi connectivity index (χ1n) is 13.1. The number of hydrogen-bond acceptors (Lipinski definition) is 4. The summed E-state index contributed by atoms with van der Waals surface area (Å²) in [4.78, 5) is 18.9. The van der Waals surface area contributed by atoms with Crippen LogP contribution >= 0.6 is 12.2 Å². The Morgan fingerprint density at radius 3 is 2.56 bits per heavy atom. The van der Waals surface area contributed by atoms with Gasteiger partial charge in [0.05, 0.1) is 24.9 Å². The average molecular weight is 540 g/mol. The highest BCUT2D eigenvalue weighted by molar-refractivity contribution is 7.80. The SMILES string of the molecule is CCC(=O)Nc1ccc(N2C(=S)N[C@H](c3ccccn3)[C@H]2c2cc(C)n(-c3cccc(OC)c3)c2C)cc1C. The molecule has 0 unspecified atom stereocenters. The van der Waals surface area contributed by atoms with E-state index in [1.165, 1.54) is 0 Å². The number of amides is 1. The van der Waals surface area contributed by atoms with E-state index in [4.69, 9.17) is 21.9 Å². The number of nitrogens with one attached hydrogen (secondary N) is 2. The largest absolute Gasteiger partial charge is 0.497 e. The smallest absolute Gasteiger partial charge is 0.224 e.